The summed E-state index contributed by atoms with van der Waals surface area (Å²) in [5.41, 5.74) is 0.789. The van der Waals surface area contributed by atoms with Crippen molar-refractivity contribution in [3.8, 4) is 0 Å². The van der Waals surface area contributed by atoms with Crippen LogP contribution in [-0.2, 0) is 11.3 Å². The van der Waals surface area contributed by atoms with Gasteiger partial charge in [0.2, 0.25) is 0 Å². The number of rotatable bonds is 5. The molecule has 0 saturated carbocycles. The predicted molar refractivity (Wildman–Crippen MR) is 90.4 cm³/mol. The maximum absolute atomic E-state index is 10.3. The highest BCUT2D eigenvalue weighted by Crippen LogP contribution is 2.31. The van der Waals surface area contributed by atoms with Gasteiger partial charge in [-0.3, -0.25) is 4.57 Å². The normalized spacial score (nSPS) is 28.5. The number of furan rings is 1. The highest BCUT2D eigenvalue weighted by atomic mass is 16.6. The second-order valence-electron chi connectivity index (χ2n) is 6.20. The Hall–Kier alpha value is -2.57. The monoisotopic (exact) mass is 377 g/mol. The molecular weight excluding hydrogens is 358 g/mol. The number of aliphatic hydroxyl groups is 4. The number of aromatic nitrogens is 4. The zero-order valence-corrected chi connectivity index (χ0v) is 14.1. The first kappa shape index (κ1) is 17.8. The summed E-state index contributed by atoms with van der Waals surface area (Å²) in [7, 11) is 0. The molecule has 0 unspecified atom stereocenters. The molecule has 5 atom stereocenters. The van der Waals surface area contributed by atoms with Gasteiger partial charge in [-0.25, -0.2) is 15.0 Å². The third-order valence-electron chi connectivity index (χ3n) is 4.51. The lowest BCUT2D eigenvalue weighted by atomic mass is 9.98. The molecule has 1 aliphatic rings. The summed E-state index contributed by atoms with van der Waals surface area (Å²) >= 11 is 0. The second kappa shape index (κ2) is 7.21. The van der Waals surface area contributed by atoms with E-state index in [1.54, 1.807) is 12.3 Å². The fraction of sp³-hybridized carbons (Fsp3) is 0.438. The van der Waals surface area contributed by atoms with E-state index in [2.05, 4.69) is 20.3 Å². The van der Waals surface area contributed by atoms with Crippen LogP contribution in [0, 0.1) is 0 Å². The van der Waals surface area contributed by atoms with Crippen LogP contribution in [0.5, 0.6) is 0 Å². The number of nitrogens with zero attached hydrogens (tertiary/aromatic N) is 4. The minimum atomic E-state index is -1.49. The number of nitrogens with one attached hydrogen (secondary N) is 1. The Kier molecular flexibility index (Phi) is 4.76. The second-order valence-corrected chi connectivity index (χ2v) is 6.20. The van der Waals surface area contributed by atoms with Gasteiger partial charge in [0.1, 0.15) is 36.5 Å². The first-order valence-electron chi connectivity index (χ1n) is 8.34. The first-order valence-corrected chi connectivity index (χ1v) is 8.34. The molecule has 11 heteroatoms. The summed E-state index contributed by atoms with van der Waals surface area (Å²) in [6.45, 7) is -0.120. The molecule has 0 bridgehead atoms. The Labute approximate surface area is 152 Å². The van der Waals surface area contributed by atoms with Crippen LogP contribution in [0.4, 0.5) is 5.82 Å². The van der Waals surface area contributed by atoms with Crippen molar-refractivity contribution in [2.24, 2.45) is 0 Å². The van der Waals surface area contributed by atoms with Gasteiger partial charge < -0.3 is 34.9 Å². The number of anilines is 1. The zero-order chi connectivity index (χ0) is 19.0. The van der Waals surface area contributed by atoms with Crippen molar-refractivity contribution in [3.63, 3.8) is 0 Å². The molecule has 4 rings (SSSR count). The van der Waals surface area contributed by atoms with Crippen molar-refractivity contribution in [1.29, 1.82) is 0 Å². The number of imidazole rings is 1. The molecule has 0 aromatic carbocycles. The summed E-state index contributed by atoms with van der Waals surface area (Å²) in [6, 6.07) is 3.60. The lowest BCUT2D eigenvalue weighted by Gasteiger charge is -2.40. The quantitative estimate of drug-likeness (QED) is 0.373. The standard InChI is InChI=1S/C16H19N5O6/c22-5-9-11(23)12(24)13(25)16(27-9)21-7-20-10-14(18-6-19-15(10)21)17-4-8-2-1-3-26-8/h1-3,6-7,9,11-13,16,22-25H,4-5H2,(H,17,18,19)/t9-,11-,12+,13-,16+/m1/s1. The Morgan fingerprint density at radius 2 is 1.96 bits per heavy atom. The van der Waals surface area contributed by atoms with Gasteiger partial charge in [0.25, 0.3) is 0 Å². The van der Waals surface area contributed by atoms with Crippen LogP contribution in [0.15, 0.2) is 35.5 Å². The van der Waals surface area contributed by atoms with E-state index in [0.717, 1.165) is 5.76 Å². The van der Waals surface area contributed by atoms with Crippen LogP contribution in [0.1, 0.15) is 12.0 Å². The van der Waals surface area contributed by atoms with Crippen LogP contribution in [0.3, 0.4) is 0 Å². The van der Waals surface area contributed by atoms with Crippen molar-refractivity contribution < 1.29 is 29.6 Å². The van der Waals surface area contributed by atoms with E-state index in [0.29, 0.717) is 23.5 Å². The molecule has 144 valence electrons. The van der Waals surface area contributed by atoms with Crippen molar-refractivity contribution in [3.05, 3.63) is 36.8 Å². The van der Waals surface area contributed by atoms with Gasteiger partial charge in [-0.15, -0.1) is 0 Å². The number of fused-ring (bicyclic) bond motifs is 1. The molecule has 27 heavy (non-hydrogen) atoms. The van der Waals surface area contributed by atoms with E-state index in [4.69, 9.17) is 9.15 Å². The van der Waals surface area contributed by atoms with E-state index in [-0.39, 0.29) is 0 Å². The van der Waals surface area contributed by atoms with Crippen LogP contribution >= 0.6 is 0 Å². The molecule has 1 fully saturated rings. The third-order valence-corrected chi connectivity index (χ3v) is 4.51. The number of hydrogen-bond donors (Lipinski definition) is 5. The maximum atomic E-state index is 10.3. The Morgan fingerprint density at radius 3 is 2.70 bits per heavy atom. The molecule has 3 aromatic rings. The minimum absolute atomic E-state index is 0.358. The van der Waals surface area contributed by atoms with E-state index < -0.39 is 37.3 Å². The summed E-state index contributed by atoms with van der Waals surface area (Å²) in [6.07, 6.45) is -2.18. The fourth-order valence-electron chi connectivity index (χ4n) is 3.06. The van der Waals surface area contributed by atoms with Crippen LogP contribution in [-0.4, -0.2) is 71.0 Å². The van der Waals surface area contributed by atoms with Crippen molar-refractivity contribution in [2.45, 2.75) is 37.2 Å². The Morgan fingerprint density at radius 1 is 1.11 bits per heavy atom. The van der Waals surface area contributed by atoms with Crippen LogP contribution < -0.4 is 5.32 Å². The molecule has 5 N–H and O–H groups in total. The highest BCUT2D eigenvalue weighted by molar-refractivity contribution is 5.82. The van der Waals surface area contributed by atoms with Gasteiger partial charge in [0.15, 0.2) is 23.2 Å². The topological polar surface area (TPSA) is 159 Å². The largest absolute Gasteiger partial charge is 0.467 e. The maximum Gasteiger partial charge on any atom is 0.167 e. The van der Waals surface area contributed by atoms with E-state index in [1.165, 1.54) is 17.2 Å². The molecule has 0 aliphatic carbocycles. The third kappa shape index (κ3) is 3.15. The van der Waals surface area contributed by atoms with Crippen molar-refractivity contribution >= 4 is 17.0 Å². The smallest absolute Gasteiger partial charge is 0.167 e. The van der Waals surface area contributed by atoms with Crippen LogP contribution in [0.25, 0.3) is 11.2 Å². The lowest BCUT2D eigenvalue weighted by Crippen LogP contribution is -2.56. The van der Waals surface area contributed by atoms with Gasteiger partial charge in [0, 0.05) is 0 Å². The molecule has 1 saturated heterocycles. The van der Waals surface area contributed by atoms with Gasteiger partial charge in [-0.2, -0.15) is 0 Å². The molecule has 11 nitrogen and oxygen atoms in total. The van der Waals surface area contributed by atoms with Crippen LogP contribution in [0.2, 0.25) is 0 Å². The van der Waals surface area contributed by atoms with Crippen molar-refractivity contribution in [2.75, 3.05) is 11.9 Å². The molecule has 3 aromatic heterocycles. The molecule has 0 amide bonds. The molecular formula is C16H19N5O6. The summed E-state index contributed by atoms with van der Waals surface area (Å²) < 4.78 is 12.3. The van der Waals surface area contributed by atoms with Gasteiger partial charge in [-0.1, -0.05) is 0 Å². The predicted octanol–water partition coefficient (Wildman–Crippen LogP) is -0.996. The fourth-order valence-corrected chi connectivity index (χ4v) is 3.06. The minimum Gasteiger partial charge on any atom is -0.467 e. The Bertz CT molecular complexity index is 898. The lowest BCUT2D eigenvalue weighted by molar-refractivity contribution is -0.250. The molecule has 1 aliphatic heterocycles. The SMILES string of the molecule is OC[C@H]1O[C@H](n2cnc3c(NCc4ccco4)ncnc32)[C@H](O)[C@@H](O)[C@@H]1O. The van der Waals surface area contributed by atoms with Gasteiger partial charge in [-0.05, 0) is 12.1 Å². The molecule has 0 spiro atoms. The number of aliphatic hydroxyl groups excluding tert-OH is 4. The van der Waals surface area contributed by atoms with Crippen molar-refractivity contribution in [1.82, 2.24) is 19.5 Å². The summed E-state index contributed by atoms with van der Waals surface area (Å²) in [5, 5.41) is 42.7. The summed E-state index contributed by atoms with van der Waals surface area (Å²) in [4.78, 5) is 12.6. The first-order chi connectivity index (χ1) is 13.1. The Balaban J connectivity index is 1.64. The van der Waals surface area contributed by atoms with Gasteiger partial charge in [0.05, 0.1) is 25.7 Å². The number of ether oxygens (including phenoxy) is 1. The average molecular weight is 377 g/mol. The highest BCUT2D eigenvalue weighted by Gasteiger charge is 2.44. The van der Waals surface area contributed by atoms with E-state index >= 15 is 0 Å². The molecule has 4 heterocycles. The van der Waals surface area contributed by atoms with Gasteiger partial charge >= 0.3 is 0 Å². The molecule has 0 radical (unpaired) electrons. The van der Waals surface area contributed by atoms with E-state index in [9.17, 15) is 20.4 Å². The zero-order valence-electron chi connectivity index (χ0n) is 14.1. The summed E-state index contributed by atoms with van der Waals surface area (Å²) in [5.74, 6) is 1.18. The average Bonchev–Trinajstić information content (AvgIpc) is 3.35. The number of hydrogen-bond acceptors (Lipinski definition) is 10. The van der Waals surface area contributed by atoms with E-state index in [1.807, 2.05) is 6.07 Å².